The Labute approximate surface area is 185 Å². The summed E-state index contributed by atoms with van der Waals surface area (Å²) >= 11 is 0. The molecule has 3 saturated carbocycles. The first-order chi connectivity index (χ1) is 14.2. The molecule has 8 atom stereocenters. The maximum Gasteiger partial charge on any atom is 0.0917 e. The van der Waals surface area contributed by atoms with Crippen LogP contribution in [0.15, 0.2) is 16.8 Å². The Balaban J connectivity index is 1.60. The fourth-order valence-corrected chi connectivity index (χ4v) is 8.95. The Hall–Kier alpha value is -0.700. The van der Waals surface area contributed by atoms with Gasteiger partial charge in [0.05, 0.1) is 11.6 Å². The van der Waals surface area contributed by atoms with Gasteiger partial charge in [-0.1, -0.05) is 65.5 Å². The van der Waals surface area contributed by atoms with Crippen LogP contribution in [0, 0.1) is 46.0 Å². The zero-order chi connectivity index (χ0) is 21.7. The van der Waals surface area contributed by atoms with Crippen molar-refractivity contribution in [2.45, 2.75) is 117 Å². The predicted molar refractivity (Wildman–Crippen MR) is 123 cm³/mol. The number of fused-ring (bicyclic) bond motifs is 5. The summed E-state index contributed by atoms with van der Waals surface area (Å²) in [6.07, 6.45) is 15.2. The Kier molecular flexibility index (Phi) is 6.01. The number of hydrogen-bond donors (Lipinski definition) is 2. The molecule has 0 saturated heterocycles. The molecule has 0 radical (unpaired) electrons. The summed E-state index contributed by atoms with van der Waals surface area (Å²) < 4.78 is 0. The minimum absolute atomic E-state index is 0.143. The van der Waals surface area contributed by atoms with E-state index in [0.717, 1.165) is 43.4 Å². The largest absolute Gasteiger partial charge is 0.393 e. The fourth-order valence-electron chi connectivity index (χ4n) is 8.95. The molecule has 30 heavy (non-hydrogen) atoms. The third kappa shape index (κ3) is 3.33. The number of aliphatic hydroxyl groups excluding tert-OH is 1. The second-order valence-corrected chi connectivity index (χ2v) is 12.5. The molecule has 0 spiro atoms. The highest BCUT2D eigenvalue weighted by Crippen LogP contribution is 2.69. The van der Waals surface area contributed by atoms with Crippen LogP contribution in [0.1, 0.15) is 105 Å². The van der Waals surface area contributed by atoms with Crippen LogP contribution in [-0.2, 0) is 0 Å². The van der Waals surface area contributed by atoms with Crippen LogP contribution in [0.3, 0.4) is 0 Å². The Morgan fingerprint density at radius 2 is 1.83 bits per heavy atom. The van der Waals surface area contributed by atoms with Crippen molar-refractivity contribution in [3.05, 3.63) is 11.6 Å². The average Bonchev–Trinajstić information content (AvgIpc) is 3.06. The first kappa shape index (κ1) is 22.5. The monoisotopic (exact) mass is 414 g/mol. The van der Waals surface area contributed by atoms with E-state index in [2.05, 4.69) is 45.8 Å². The highest BCUT2D eigenvalue weighted by atomic mass is 16.3. The molecule has 3 heteroatoms. The van der Waals surface area contributed by atoms with Gasteiger partial charge in [-0.25, -0.2) is 5.53 Å². The maximum atomic E-state index is 10.3. The molecule has 4 rings (SSSR count). The van der Waals surface area contributed by atoms with Crippen molar-refractivity contribution >= 4 is 0 Å². The van der Waals surface area contributed by atoms with Crippen molar-refractivity contribution in [2.75, 3.05) is 0 Å². The molecule has 0 amide bonds. The van der Waals surface area contributed by atoms with Gasteiger partial charge in [-0.15, -0.1) is 0 Å². The van der Waals surface area contributed by atoms with Crippen molar-refractivity contribution in [2.24, 2.45) is 45.5 Å². The van der Waals surface area contributed by atoms with Gasteiger partial charge >= 0.3 is 0 Å². The summed E-state index contributed by atoms with van der Waals surface area (Å²) in [6.45, 7) is 12.2. The highest BCUT2D eigenvalue weighted by molar-refractivity contribution is 5.31. The number of aliphatic hydroxyl groups is 1. The Bertz CT molecular complexity index is 686. The van der Waals surface area contributed by atoms with Gasteiger partial charge in [-0.05, 0) is 91.8 Å². The van der Waals surface area contributed by atoms with E-state index in [1.807, 2.05) is 0 Å². The lowest BCUT2D eigenvalue weighted by Gasteiger charge is -2.62. The van der Waals surface area contributed by atoms with Crippen LogP contribution in [0.25, 0.3) is 0 Å². The third-order valence-corrected chi connectivity index (χ3v) is 10.6. The van der Waals surface area contributed by atoms with Gasteiger partial charge in [0, 0.05) is 0 Å². The van der Waals surface area contributed by atoms with E-state index in [-0.39, 0.29) is 17.1 Å². The van der Waals surface area contributed by atoms with Gasteiger partial charge in [0.2, 0.25) is 0 Å². The van der Waals surface area contributed by atoms with Crippen LogP contribution in [0.5, 0.6) is 0 Å². The minimum Gasteiger partial charge on any atom is -0.393 e. The van der Waals surface area contributed by atoms with E-state index in [1.54, 1.807) is 0 Å². The molecule has 4 aliphatic rings. The lowest BCUT2D eigenvalue weighted by atomic mass is 9.44. The third-order valence-electron chi connectivity index (χ3n) is 10.6. The van der Waals surface area contributed by atoms with Crippen molar-refractivity contribution in [3.8, 4) is 0 Å². The topological polar surface area (TPSA) is 56.4 Å². The summed E-state index contributed by atoms with van der Waals surface area (Å²) in [7, 11) is 0. The molecular weight excluding hydrogens is 368 g/mol. The molecule has 0 aromatic heterocycles. The normalized spacial score (nSPS) is 46.6. The second kappa shape index (κ2) is 8.01. The Morgan fingerprint density at radius 3 is 2.53 bits per heavy atom. The van der Waals surface area contributed by atoms with E-state index in [0.29, 0.717) is 17.3 Å². The zero-order valence-corrected chi connectivity index (χ0v) is 20.2. The molecule has 2 unspecified atom stereocenters. The minimum atomic E-state index is -0.194. The number of rotatable bonds is 6. The van der Waals surface area contributed by atoms with E-state index < -0.39 is 0 Å². The first-order valence-corrected chi connectivity index (χ1v) is 12.9. The molecule has 4 aliphatic carbocycles. The van der Waals surface area contributed by atoms with Crippen molar-refractivity contribution in [3.63, 3.8) is 0 Å². The van der Waals surface area contributed by atoms with E-state index >= 15 is 0 Å². The smallest absolute Gasteiger partial charge is 0.0917 e. The van der Waals surface area contributed by atoms with Gasteiger partial charge in [-0.3, -0.25) is 0 Å². The first-order valence-electron chi connectivity index (χ1n) is 12.9. The predicted octanol–water partition coefficient (Wildman–Crippen LogP) is 7.54. The summed E-state index contributed by atoms with van der Waals surface area (Å²) in [5.74, 6) is 3.43. The quantitative estimate of drug-likeness (QED) is 0.342. The van der Waals surface area contributed by atoms with Gasteiger partial charge in [0.15, 0.2) is 0 Å². The zero-order valence-electron chi connectivity index (χ0n) is 20.2. The number of hydrogen-bond acceptors (Lipinski definition) is 3. The van der Waals surface area contributed by atoms with Crippen LogP contribution in [0.2, 0.25) is 0 Å². The molecule has 0 aliphatic heterocycles. The van der Waals surface area contributed by atoms with Gasteiger partial charge < -0.3 is 5.11 Å². The molecule has 0 heterocycles. The van der Waals surface area contributed by atoms with Crippen molar-refractivity contribution < 1.29 is 5.11 Å². The van der Waals surface area contributed by atoms with E-state index in [9.17, 15) is 5.11 Å². The van der Waals surface area contributed by atoms with E-state index in [4.69, 9.17) is 5.53 Å². The molecule has 0 bridgehead atoms. The summed E-state index contributed by atoms with van der Waals surface area (Å²) in [5.41, 5.74) is 10.2. The average molecular weight is 415 g/mol. The van der Waals surface area contributed by atoms with Crippen LogP contribution < -0.4 is 0 Å². The SMILES string of the molecule is CC(C)CCC[C@@H](C)[C@H]1CCC2[C@]3(N=N)CC=C4C[C@@H](O)CC[C@]4(C)C3CC[C@@]21C. The number of nitrogens with one attached hydrogen (secondary N) is 1. The lowest BCUT2D eigenvalue weighted by Crippen LogP contribution is -2.60. The maximum absolute atomic E-state index is 10.3. The standard InChI is InChI=1S/C27H46N2O/c1-18(2)7-6-8-19(3)22-9-10-23-26(22,5)15-13-24-25(4)14-12-21(30)17-20(25)11-16-27(23,24)29-28/h11,18-19,21-24,28,30H,6-10,12-17H2,1-5H3/t19-,21+,22-,23?,24?,25+,26-,27-/m1/s1. The molecule has 2 N–H and O–H groups in total. The van der Waals surface area contributed by atoms with Crippen LogP contribution >= 0.6 is 0 Å². The Morgan fingerprint density at radius 1 is 1.07 bits per heavy atom. The lowest BCUT2D eigenvalue weighted by molar-refractivity contribution is -0.0766. The summed E-state index contributed by atoms with van der Waals surface area (Å²) in [6, 6.07) is 0. The molecule has 170 valence electrons. The molecule has 3 fully saturated rings. The molecular formula is C27H46N2O. The molecule has 0 aromatic rings. The van der Waals surface area contributed by atoms with E-state index in [1.165, 1.54) is 50.5 Å². The fraction of sp³-hybridized carbons (Fsp3) is 0.926. The number of nitrogens with zero attached hydrogens (tertiary/aromatic N) is 1. The summed E-state index contributed by atoms with van der Waals surface area (Å²) in [4.78, 5) is 0. The molecule has 3 nitrogen and oxygen atoms in total. The van der Waals surface area contributed by atoms with Crippen molar-refractivity contribution in [1.29, 1.82) is 5.53 Å². The van der Waals surface area contributed by atoms with Crippen LogP contribution in [0.4, 0.5) is 0 Å². The van der Waals surface area contributed by atoms with Gasteiger partial charge in [0.1, 0.15) is 0 Å². The highest BCUT2D eigenvalue weighted by Gasteiger charge is 2.66. The van der Waals surface area contributed by atoms with Gasteiger partial charge in [0.25, 0.3) is 0 Å². The summed E-state index contributed by atoms with van der Waals surface area (Å²) in [5, 5.41) is 14.8. The van der Waals surface area contributed by atoms with Crippen LogP contribution in [-0.4, -0.2) is 16.7 Å². The van der Waals surface area contributed by atoms with Gasteiger partial charge in [-0.2, -0.15) is 5.11 Å². The second-order valence-electron chi connectivity index (χ2n) is 12.5. The molecule has 0 aromatic carbocycles. The van der Waals surface area contributed by atoms with Crippen molar-refractivity contribution in [1.82, 2.24) is 0 Å².